The Kier molecular flexibility index (Phi) is 8.26. The first-order chi connectivity index (χ1) is 11.7. The largest absolute Gasteiger partial charge is 0.379 e. The predicted octanol–water partition coefficient (Wildman–Crippen LogP) is 3.47. The van der Waals surface area contributed by atoms with Crippen molar-refractivity contribution in [3.63, 3.8) is 0 Å². The summed E-state index contributed by atoms with van der Waals surface area (Å²) in [5.41, 5.74) is 1.97. The fraction of sp³-hybridized carbons (Fsp3) is 0.650. The van der Waals surface area contributed by atoms with E-state index in [1.807, 2.05) is 18.2 Å². The van der Waals surface area contributed by atoms with Gasteiger partial charge in [-0.3, -0.25) is 9.69 Å². The minimum Gasteiger partial charge on any atom is -0.379 e. The van der Waals surface area contributed by atoms with E-state index in [9.17, 15) is 4.79 Å². The second-order valence-electron chi connectivity index (χ2n) is 6.72. The van der Waals surface area contributed by atoms with Gasteiger partial charge in [0, 0.05) is 31.7 Å². The standard InChI is InChI=1S/C20H32N2O2/c1-3-5-7-17(4-2)15-21-20(23)19-9-6-8-18(14-19)16-22-10-12-24-13-11-22/h6,8-9,14,17H,3-5,7,10-13,15-16H2,1-2H3,(H,21,23)/t17-/m1/s1. The smallest absolute Gasteiger partial charge is 0.251 e. The van der Waals surface area contributed by atoms with E-state index < -0.39 is 0 Å². The van der Waals surface area contributed by atoms with E-state index in [-0.39, 0.29) is 5.91 Å². The highest BCUT2D eigenvalue weighted by Gasteiger charge is 2.13. The second kappa shape index (κ2) is 10.5. The van der Waals surface area contributed by atoms with Crippen molar-refractivity contribution in [2.75, 3.05) is 32.8 Å². The molecule has 1 saturated heterocycles. The molecular formula is C20H32N2O2. The van der Waals surface area contributed by atoms with Crippen LogP contribution in [0.5, 0.6) is 0 Å². The highest BCUT2D eigenvalue weighted by Crippen LogP contribution is 2.13. The molecule has 2 rings (SSSR count). The van der Waals surface area contributed by atoms with Gasteiger partial charge in [-0.15, -0.1) is 0 Å². The van der Waals surface area contributed by atoms with Gasteiger partial charge in [0.15, 0.2) is 0 Å². The van der Waals surface area contributed by atoms with Gasteiger partial charge in [0.25, 0.3) is 5.91 Å². The molecular weight excluding hydrogens is 300 g/mol. The van der Waals surface area contributed by atoms with Crippen LogP contribution < -0.4 is 5.32 Å². The van der Waals surface area contributed by atoms with Crippen LogP contribution in [0.25, 0.3) is 0 Å². The van der Waals surface area contributed by atoms with Crippen molar-refractivity contribution in [2.24, 2.45) is 5.92 Å². The molecule has 0 spiro atoms. The number of ether oxygens (including phenoxy) is 1. The van der Waals surface area contributed by atoms with Gasteiger partial charge in [-0.25, -0.2) is 0 Å². The average Bonchev–Trinajstić information content (AvgIpc) is 2.63. The Balaban J connectivity index is 1.86. The van der Waals surface area contributed by atoms with E-state index in [1.54, 1.807) is 0 Å². The van der Waals surface area contributed by atoms with E-state index in [4.69, 9.17) is 4.74 Å². The van der Waals surface area contributed by atoms with Gasteiger partial charge in [0.05, 0.1) is 13.2 Å². The third-order valence-electron chi connectivity index (χ3n) is 4.79. The summed E-state index contributed by atoms with van der Waals surface area (Å²) in [6.07, 6.45) is 4.78. The second-order valence-corrected chi connectivity index (χ2v) is 6.72. The molecule has 134 valence electrons. The summed E-state index contributed by atoms with van der Waals surface area (Å²) in [5, 5.41) is 3.12. The normalized spacial score (nSPS) is 16.8. The number of rotatable bonds is 9. The molecule has 0 radical (unpaired) electrons. The molecule has 24 heavy (non-hydrogen) atoms. The maximum atomic E-state index is 12.4. The number of carbonyl (C=O) groups excluding carboxylic acids is 1. The molecule has 1 aliphatic rings. The number of nitrogens with one attached hydrogen (secondary N) is 1. The quantitative estimate of drug-likeness (QED) is 0.753. The van der Waals surface area contributed by atoms with Crippen LogP contribution in [0.15, 0.2) is 24.3 Å². The van der Waals surface area contributed by atoms with E-state index >= 15 is 0 Å². The number of hydrogen-bond donors (Lipinski definition) is 1. The molecule has 1 aliphatic heterocycles. The van der Waals surface area contributed by atoms with Crippen LogP contribution in [0.2, 0.25) is 0 Å². The van der Waals surface area contributed by atoms with Crippen LogP contribution >= 0.6 is 0 Å². The Morgan fingerprint density at radius 2 is 2.08 bits per heavy atom. The highest BCUT2D eigenvalue weighted by atomic mass is 16.5. The Bertz CT molecular complexity index is 498. The number of benzene rings is 1. The van der Waals surface area contributed by atoms with E-state index in [2.05, 4.69) is 30.1 Å². The van der Waals surface area contributed by atoms with Gasteiger partial charge < -0.3 is 10.1 Å². The molecule has 1 atom stereocenters. The zero-order valence-electron chi connectivity index (χ0n) is 15.2. The monoisotopic (exact) mass is 332 g/mol. The van der Waals surface area contributed by atoms with Gasteiger partial charge in [-0.2, -0.15) is 0 Å². The first kappa shape index (κ1) is 18.9. The van der Waals surface area contributed by atoms with Crippen LogP contribution in [0.4, 0.5) is 0 Å². The minimum absolute atomic E-state index is 0.0498. The SMILES string of the molecule is CCCC[C@@H](CC)CNC(=O)c1cccc(CN2CCOCC2)c1. The van der Waals surface area contributed by atoms with Gasteiger partial charge in [-0.1, -0.05) is 45.2 Å². The third-order valence-corrected chi connectivity index (χ3v) is 4.79. The van der Waals surface area contributed by atoms with E-state index in [0.29, 0.717) is 5.92 Å². The molecule has 1 N–H and O–H groups in total. The van der Waals surface area contributed by atoms with Crippen LogP contribution in [0, 0.1) is 5.92 Å². The summed E-state index contributed by atoms with van der Waals surface area (Å²) in [5.74, 6) is 0.638. The summed E-state index contributed by atoms with van der Waals surface area (Å²) in [6.45, 7) is 9.62. The molecule has 0 aromatic heterocycles. The first-order valence-corrected chi connectivity index (χ1v) is 9.40. The summed E-state index contributed by atoms with van der Waals surface area (Å²) in [4.78, 5) is 14.8. The lowest BCUT2D eigenvalue weighted by Gasteiger charge is -2.26. The maximum Gasteiger partial charge on any atom is 0.251 e. The number of hydrogen-bond acceptors (Lipinski definition) is 3. The van der Waals surface area contributed by atoms with Crippen LogP contribution in [0.1, 0.15) is 55.5 Å². The van der Waals surface area contributed by atoms with Crippen molar-refractivity contribution >= 4 is 5.91 Å². The Morgan fingerprint density at radius 1 is 1.29 bits per heavy atom. The fourth-order valence-corrected chi connectivity index (χ4v) is 3.11. The van der Waals surface area contributed by atoms with Gasteiger partial charge in [0.1, 0.15) is 0 Å². The molecule has 1 aromatic carbocycles. The summed E-state index contributed by atoms with van der Waals surface area (Å²) >= 11 is 0. The van der Waals surface area contributed by atoms with Crippen LogP contribution in [-0.2, 0) is 11.3 Å². The van der Waals surface area contributed by atoms with Crippen molar-refractivity contribution in [2.45, 2.75) is 46.1 Å². The summed E-state index contributed by atoms with van der Waals surface area (Å²) in [6, 6.07) is 8.02. The molecule has 4 heteroatoms. The Labute approximate surface area is 146 Å². The fourth-order valence-electron chi connectivity index (χ4n) is 3.11. The molecule has 0 aliphatic carbocycles. The lowest BCUT2D eigenvalue weighted by Crippen LogP contribution is -2.35. The number of morpholine rings is 1. The molecule has 0 bridgehead atoms. The average molecular weight is 332 g/mol. The zero-order chi connectivity index (χ0) is 17.2. The van der Waals surface area contributed by atoms with Gasteiger partial charge >= 0.3 is 0 Å². The summed E-state index contributed by atoms with van der Waals surface area (Å²) in [7, 11) is 0. The number of unbranched alkanes of at least 4 members (excludes halogenated alkanes) is 1. The molecule has 1 heterocycles. The van der Waals surface area contributed by atoms with Crippen molar-refractivity contribution in [3.8, 4) is 0 Å². The van der Waals surface area contributed by atoms with E-state index in [0.717, 1.165) is 51.4 Å². The lowest BCUT2D eigenvalue weighted by atomic mass is 9.99. The molecule has 1 aromatic rings. The molecule has 0 saturated carbocycles. The van der Waals surface area contributed by atoms with Gasteiger partial charge in [0.2, 0.25) is 0 Å². The molecule has 0 unspecified atom stereocenters. The first-order valence-electron chi connectivity index (χ1n) is 9.40. The third kappa shape index (κ3) is 6.25. The predicted molar refractivity (Wildman–Crippen MR) is 98.2 cm³/mol. The minimum atomic E-state index is 0.0498. The topological polar surface area (TPSA) is 41.6 Å². The van der Waals surface area contributed by atoms with Crippen molar-refractivity contribution in [1.29, 1.82) is 0 Å². The number of carbonyl (C=O) groups is 1. The molecule has 1 fully saturated rings. The Hall–Kier alpha value is -1.39. The lowest BCUT2D eigenvalue weighted by molar-refractivity contribution is 0.0342. The Morgan fingerprint density at radius 3 is 2.79 bits per heavy atom. The van der Waals surface area contributed by atoms with Crippen molar-refractivity contribution in [1.82, 2.24) is 10.2 Å². The number of nitrogens with zero attached hydrogens (tertiary/aromatic N) is 1. The summed E-state index contributed by atoms with van der Waals surface area (Å²) < 4.78 is 5.39. The zero-order valence-corrected chi connectivity index (χ0v) is 15.2. The molecule has 4 nitrogen and oxygen atoms in total. The molecule has 1 amide bonds. The maximum absolute atomic E-state index is 12.4. The van der Waals surface area contributed by atoms with E-state index in [1.165, 1.54) is 24.8 Å². The van der Waals surface area contributed by atoms with Gasteiger partial charge in [-0.05, 0) is 30.0 Å². The van der Waals surface area contributed by atoms with Crippen LogP contribution in [0.3, 0.4) is 0 Å². The van der Waals surface area contributed by atoms with Crippen molar-refractivity contribution < 1.29 is 9.53 Å². The highest BCUT2D eigenvalue weighted by molar-refractivity contribution is 5.94. The number of amides is 1. The van der Waals surface area contributed by atoms with Crippen molar-refractivity contribution in [3.05, 3.63) is 35.4 Å². The van der Waals surface area contributed by atoms with Crippen LogP contribution in [-0.4, -0.2) is 43.7 Å².